The van der Waals surface area contributed by atoms with Gasteiger partial charge in [0.1, 0.15) is 5.82 Å². The maximum Gasteiger partial charge on any atom is 0.256 e. The van der Waals surface area contributed by atoms with Crippen LogP contribution in [0, 0.1) is 12.7 Å². The molecular formula is C26H29F2N3O3. The molecule has 0 unspecified atom stereocenters. The van der Waals surface area contributed by atoms with E-state index in [1.165, 1.54) is 6.07 Å². The molecule has 3 aromatic rings. The molecule has 2 N–H and O–H groups in total. The van der Waals surface area contributed by atoms with Gasteiger partial charge in [-0.1, -0.05) is 30.3 Å². The number of alkyl halides is 1. The lowest BCUT2D eigenvalue weighted by molar-refractivity contribution is -0.122. The Balaban J connectivity index is 1.48. The molecule has 1 aromatic heterocycles. The molecule has 0 aliphatic carbocycles. The van der Waals surface area contributed by atoms with E-state index in [-0.39, 0.29) is 30.8 Å². The molecule has 0 spiro atoms. The fourth-order valence-corrected chi connectivity index (χ4v) is 4.83. The normalized spacial score (nSPS) is 14.5. The molecule has 0 saturated carbocycles. The van der Waals surface area contributed by atoms with Crippen molar-refractivity contribution in [2.45, 2.75) is 38.8 Å². The zero-order valence-corrected chi connectivity index (χ0v) is 19.2. The third-order valence-corrected chi connectivity index (χ3v) is 6.56. The summed E-state index contributed by atoms with van der Waals surface area (Å²) >= 11 is 0. The Kier molecular flexibility index (Phi) is 7.26. The van der Waals surface area contributed by atoms with E-state index in [0.717, 1.165) is 16.5 Å². The number of benzene rings is 2. The van der Waals surface area contributed by atoms with Gasteiger partial charge in [-0.2, -0.15) is 0 Å². The van der Waals surface area contributed by atoms with E-state index in [4.69, 9.17) is 0 Å². The zero-order valence-electron chi connectivity index (χ0n) is 19.2. The Morgan fingerprint density at radius 1 is 1.18 bits per heavy atom. The van der Waals surface area contributed by atoms with E-state index < -0.39 is 12.6 Å². The maximum atomic E-state index is 14.6. The molecule has 1 aliphatic rings. The molecule has 4 rings (SSSR count). The second kappa shape index (κ2) is 10.3. The number of carbonyl (C=O) groups is 2. The third kappa shape index (κ3) is 4.82. The number of likely N-dealkylation sites (tertiary alicyclic amines) is 1. The van der Waals surface area contributed by atoms with Crippen molar-refractivity contribution in [1.29, 1.82) is 0 Å². The lowest BCUT2D eigenvalue weighted by atomic mass is 9.88. The summed E-state index contributed by atoms with van der Waals surface area (Å²) in [4.78, 5) is 26.4. The molecule has 2 amide bonds. The van der Waals surface area contributed by atoms with Crippen molar-refractivity contribution in [2.24, 2.45) is 0 Å². The molecule has 0 bridgehead atoms. The largest absolute Gasteiger partial charge is 0.395 e. The Morgan fingerprint density at radius 3 is 2.65 bits per heavy atom. The summed E-state index contributed by atoms with van der Waals surface area (Å²) in [5, 5.41) is 12.8. The Labute approximate surface area is 197 Å². The molecule has 1 aliphatic heterocycles. The number of aliphatic hydroxyl groups excluding tert-OH is 1. The van der Waals surface area contributed by atoms with Gasteiger partial charge in [-0.05, 0) is 48.4 Å². The molecule has 34 heavy (non-hydrogen) atoms. The van der Waals surface area contributed by atoms with Crippen molar-refractivity contribution < 1.29 is 23.5 Å². The number of aryl methyl sites for hydroxylation is 1. The van der Waals surface area contributed by atoms with Crippen LogP contribution in [0.25, 0.3) is 10.9 Å². The quantitative estimate of drug-likeness (QED) is 0.554. The first-order valence-corrected chi connectivity index (χ1v) is 11.5. The third-order valence-electron chi connectivity index (χ3n) is 6.56. The van der Waals surface area contributed by atoms with Gasteiger partial charge in [0.2, 0.25) is 0 Å². The molecule has 1 fully saturated rings. The van der Waals surface area contributed by atoms with Crippen LogP contribution in [0.1, 0.15) is 45.8 Å². The standard InChI is InChI=1S/C26H29F2N3O3/c1-17-3-2-4-20-22(16-31(11-12-32)25(17)20)26(34)30-9-7-19(8-10-30)21-13-18(5-6-23(21)28)15-29-24(33)14-27/h2-6,13,16,19,32H,7-12,14-15H2,1H3,(H,29,33). The van der Waals surface area contributed by atoms with Crippen LogP contribution >= 0.6 is 0 Å². The number of amides is 2. The van der Waals surface area contributed by atoms with E-state index in [2.05, 4.69) is 5.32 Å². The Bertz CT molecular complexity index is 1200. The second-order valence-electron chi connectivity index (χ2n) is 8.76. The number of hydrogen-bond donors (Lipinski definition) is 2. The number of para-hydroxylation sites is 1. The minimum absolute atomic E-state index is 0.0147. The fraction of sp³-hybridized carbons (Fsp3) is 0.385. The number of nitrogens with zero attached hydrogens (tertiary/aromatic N) is 2. The average Bonchev–Trinajstić information content (AvgIpc) is 3.23. The number of carbonyl (C=O) groups excluding carboxylic acids is 2. The predicted molar refractivity (Wildman–Crippen MR) is 126 cm³/mol. The molecule has 2 aromatic carbocycles. The Hall–Kier alpha value is -3.26. The van der Waals surface area contributed by atoms with E-state index in [1.54, 1.807) is 17.0 Å². The number of nitrogens with one attached hydrogen (secondary N) is 1. The van der Waals surface area contributed by atoms with Crippen molar-refractivity contribution in [3.63, 3.8) is 0 Å². The van der Waals surface area contributed by atoms with Gasteiger partial charge in [0.15, 0.2) is 6.67 Å². The summed E-state index contributed by atoms with van der Waals surface area (Å²) in [5.74, 6) is -1.12. The van der Waals surface area contributed by atoms with Crippen LogP contribution in [0.3, 0.4) is 0 Å². The lowest BCUT2D eigenvalue weighted by Gasteiger charge is -2.32. The van der Waals surface area contributed by atoms with Crippen LogP contribution in [-0.2, 0) is 17.9 Å². The minimum atomic E-state index is -1.08. The molecule has 2 heterocycles. The summed E-state index contributed by atoms with van der Waals surface area (Å²) in [5.41, 5.74) is 3.88. The highest BCUT2D eigenvalue weighted by Crippen LogP contribution is 2.32. The monoisotopic (exact) mass is 469 g/mol. The number of piperidine rings is 1. The lowest BCUT2D eigenvalue weighted by Crippen LogP contribution is -2.38. The summed E-state index contributed by atoms with van der Waals surface area (Å²) < 4.78 is 28.9. The van der Waals surface area contributed by atoms with Gasteiger partial charge in [0.25, 0.3) is 11.8 Å². The van der Waals surface area contributed by atoms with Gasteiger partial charge in [-0.15, -0.1) is 0 Å². The van der Waals surface area contributed by atoms with Gasteiger partial charge >= 0.3 is 0 Å². The van der Waals surface area contributed by atoms with Crippen molar-refractivity contribution >= 4 is 22.7 Å². The number of hydrogen-bond acceptors (Lipinski definition) is 3. The Morgan fingerprint density at radius 2 is 1.94 bits per heavy atom. The van der Waals surface area contributed by atoms with Gasteiger partial charge in [-0.25, -0.2) is 8.78 Å². The minimum Gasteiger partial charge on any atom is -0.395 e. The van der Waals surface area contributed by atoms with Crippen LogP contribution in [-0.4, -0.2) is 52.8 Å². The van der Waals surface area contributed by atoms with Crippen LogP contribution < -0.4 is 5.32 Å². The summed E-state index contributed by atoms with van der Waals surface area (Å²) in [7, 11) is 0. The van der Waals surface area contributed by atoms with Crippen molar-refractivity contribution in [1.82, 2.24) is 14.8 Å². The van der Waals surface area contributed by atoms with E-state index in [0.29, 0.717) is 49.2 Å². The molecule has 180 valence electrons. The summed E-state index contributed by atoms with van der Waals surface area (Å²) in [6, 6.07) is 10.5. The number of rotatable bonds is 7. The number of aliphatic hydroxyl groups is 1. The highest BCUT2D eigenvalue weighted by atomic mass is 19.1. The van der Waals surface area contributed by atoms with Gasteiger partial charge < -0.3 is 19.9 Å². The topological polar surface area (TPSA) is 74.6 Å². The highest BCUT2D eigenvalue weighted by Gasteiger charge is 2.28. The van der Waals surface area contributed by atoms with Crippen LogP contribution in [0.15, 0.2) is 42.6 Å². The average molecular weight is 470 g/mol. The summed E-state index contributed by atoms with van der Waals surface area (Å²) in [6.07, 6.45) is 3.06. The first kappa shape index (κ1) is 23.9. The van der Waals surface area contributed by atoms with Crippen molar-refractivity contribution in [3.05, 3.63) is 70.7 Å². The first-order valence-electron chi connectivity index (χ1n) is 11.5. The van der Waals surface area contributed by atoms with E-state index in [1.807, 2.05) is 35.9 Å². The molecule has 0 radical (unpaired) electrons. The molecule has 1 saturated heterocycles. The van der Waals surface area contributed by atoms with Crippen LogP contribution in [0.4, 0.5) is 8.78 Å². The number of aromatic nitrogens is 1. The fourth-order valence-electron chi connectivity index (χ4n) is 4.83. The number of fused-ring (bicyclic) bond motifs is 1. The molecular weight excluding hydrogens is 440 g/mol. The molecule has 0 atom stereocenters. The second-order valence-corrected chi connectivity index (χ2v) is 8.76. The SMILES string of the molecule is Cc1cccc2c(C(=O)N3CCC(c4cc(CNC(=O)CF)ccc4F)CC3)cn(CCO)c12. The van der Waals surface area contributed by atoms with Crippen LogP contribution in [0.2, 0.25) is 0 Å². The first-order chi connectivity index (χ1) is 16.4. The molecule has 6 nitrogen and oxygen atoms in total. The van der Waals surface area contributed by atoms with Gasteiger partial charge in [0.05, 0.1) is 17.7 Å². The predicted octanol–water partition coefficient (Wildman–Crippen LogP) is 3.69. The van der Waals surface area contributed by atoms with E-state index in [9.17, 15) is 23.5 Å². The summed E-state index contributed by atoms with van der Waals surface area (Å²) in [6.45, 7) is 2.46. The maximum absolute atomic E-state index is 14.6. The van der Waals surface area contributed by atoms with Crippen molar-refractivity contribution in [2.75, 3.05) is 26.4 Å². The van der Waals surface area contributed by atoms with Crippen LogP contribution in [0.5, 0.6) is 0 Å². The van der Waals surface area contributed by atoms with E-state index >= 15 is 0 Å². The zero-order chi connectivity index (χ0) is 24.2. The van der Waals surface area contributed by atoms with Crippen molar-refractivity contribution in [3.8, 4) is 0 Å². The van der Waals surface area contributed by atoms with Gasteiger partial charge in [-0.3, -0.25) is 9.59 Å². The van der Waals surface area contributed by atoms with Gasteiger partial charge in [0, 0.05) is 37.8 Å². The smallest absolute Gasteiger partial charge is 0.256 e. The highest BCUT2D eigenvalue weighted by molar-refractivity contribution is 6.07. The number of halogens is 2. The molecule has 8 heteroatoms.